The Balaban J connectivity index is 2.25. The van der Waals surface area contributed by atoms with E-state index in [-0.39, 0.29) is 11.7 Å². The van der Waals surface area contributed by atoms with E-state index in [1.807, 2.05) is 19.9 Å². The number of nitrogens with zero attached hydrogens (tertiary/aromatic N) is 3. The number of ether oxygens (including phenoxy) is 1. The summed E-state index contributed by atoms with van der Waals surface area (Å²) >= 11 is 1.27. The van der Waals surface area contributed by atoms with E-state index in [2.05, 4.69) is 10.4 Å². The van der Waals surface area contributed by atoms with Gasteiger partial charge in [0, 0.05) is 6.54 Å². The third-order valence-corrected chi connectivity index (χ3v) is 4.39. The first-order valence-electron chi connectivity index (χ1n) is 7.78. The zero-order valence-electron chi connectivity index (χ0n) is 14.9. The Hall–Kier alpha value is -2.75. The van der Waals surface area contributed by atoms with Crippen molar-refractivity contribution in [1.29, 1.82) is 0 Å². The molecule has 0 saturated heterocycles. The van der Waals surface area contributed by atoms with E-state index in [0.29, 0.717) is 21.6 Å². The standard InChI is InChI=1S/C16H20N4O5S/c1-5-26-15-18-19(16(23)20(15)25-4)14(22)17-9-12-10(2)7-6-8-11(12)13(21)24-3/h6-8H,5,9H2,1-4H3,(H,17,22). The number of rotatable bonds is 6. The summed E-state index contributed by atoms with van der Waals surface area (Å²) in [5.41, 5.74) is 1.06. The average Bonchev–Trinajstić information content (AvgIpc) is 2.95. The summed E-state index contributed by atoms with van der Waals surface area (Å²) in [6.45, 7) is 3.75. The molecule has 0 bridgehead atoms. The summed E-state index contributed by atoms with van der Waals surface area (Å²) in [5.74, 6) is 0.160. The first-order chi connectivity index (χ1) is 12.4. The molecule has 0 aliphatic heterocycles. The highest BCUT2D eigenvalue weighted by Gasteiger charge is 2.20. The molecule has 0 aliphatic rings. The van der Waals surface area contributed by atoms with Crippen LogP contribution in [0.5, 0.6) is 0 Å². The number of aryl methyl sites for hydroxylation is 1. The van der Waals surface area contributed by atoms with Crippen LogP contribution in [-0.4, -0.2) is 46.5 Å². The van der Waals surface area contributed by atoms with E-state index in [1.165, 1.54) is 26.0 Å². The van der Waals surface area contributed by atoms with E-state index >= 15 is 0 Å². The molecule has 2 aromatic rings. The van der Waals surface area contributed by atoms with Gasteiger partial charge in [0.1, 0.15) is 7.11 Å². The molecule has 0 unspecified atom stereocenters. The lowest BCUT2D eigenvalue weighted by Crippen LogP contribution is -2.38. The summed E-state index contributed by atoms with van der Waals surface area (Å²) in [6.07, 6.45) is 0. The van der Waals surface area contributed by atoms with Crippen LogP contribution < -0.4 is 15.8 Å². The molecule has 1 aromatic heterocycles. The Kier molecular flexibility index (Phi) is 6.45. The quantitative estimate of drug-likeness (QED) is 0.590. The number of benzene rings is 1. The first kappa shape index (κ1) is 19.6. The normalized spacial score (nSPS) is 10.5. The van der Waals surface area contributed by atoms with Crippen LogP contribution in [0.1, 0.15) is 28.4 Å². The van der Waals surface area contributed by atoms with Crippen LogP contribution in [0.4, 0.5) is 4.79 Å². The first-order valence-corrected chi connectivity index (χ1v) is 8.77. The number of carbonyl (C=O) groups excluding carboxylic acids is 2. The van der Waals surface area contributed by atoms with Gasteiger partial charge in [-0.3, -0.25) is 0 Å². The lowest BCUT2D eigenvalue weighted by Gasteiger charge is -2.11. The van der Waals surface area contributed by atoms with Crippen molar-refractivity contribution in [2.75, 3.05) is 20.0 Å². The molecule has 1 heterocycles. The van der Waals surface area contributed by atoms with Crippen LogP contribution in [0.25, 0.3) is 0 Å². The van der Waals surface area contributed by atoms with Gasteiger partial charge in [0.15, 0.2) is 0 Å². The molecule has 0 radical (unpaired) electrons. The molecule has 10 heteroatoms. The highest BCUT2D eigenvalue weighted by molar-refractivity contribution is 7.99. The molecule has 0 saturated carbocycles. The maximum atomic E-state index is 12.4. The van der Waals surface area contributed by atoms with Crippen LogP contribution in [0.2, 0.25) is 0 Å². The lowest BCUT2D eigenvalue weighted by molar-refractivity contribution is 0.0599. The van der Waals surface area contributed by atoms with Crippen molar-refractivity contribution >= 4 is 23.8 Å². The van der Waals surface area contributed by atoms with Gasteiger partial charge in [-0.15, -0.1) is 14.5 Å². The van der Waals surface area contributed by atoms with Gasteiger partial charge >= 0.3 is 17.7 Å². The second-order valence-corrected chi connectivity index (χ2v) is 6.37. The number of amides is 1. The van der Waals surface area contributed by atoms with Gasteiger partial charge in [-0.25, -0.2) is 14.4 Å². The van der Waals surface area contributed by atoms with Crippen molar-refractivity contribution in [2.45, 2.75) is 25.5 Å². The summed E-state index contributed by atoms with van der Waals surface area (Å²) in [4.78, 5) is 41.5. The van der Waals surface area contributed by atoms with Crippen molar-refractivity contribution in [3.63, 3.8) is 0 Å². The predicted octanol–water partition coefficient (Wildman–Crippen LogP) is 1.07. The third-order valence-electron chi connectivity index (χ3n) is 3.59. The molecule has 0 aliphatic carbocycles. The minimum absolute atomic E-state index is 0.0402. The molecule has 2 rings (SSSR count). The molecule has 9 nitrogen and oxygen atoms in total. The van der Waals surface area contributed by atoms with E-state index < -0.39 is 17.7 Å². The summed E-state index contributed by atoms with van der Waals surface area (Å²) in [6, 6.07) is 4.44. The Labute approximate surface area is 154 Å². The van der Waals surface area contributed by atoms with Gasteiger partial charge in [0.2, 0.25) is 5.16 Å². The fourth-order valence-electron chi connectivity index (χ4n) is 2.32. The molecule has 1 aromatic carbocycles. The highest BCUT2D eigenvalue weighted by Crippen LogP contribution is 2.15. The maximum absolute atomic E-state index is 12.4. The Morgan fingerprint density at radius 2 is 2.04 bits per heavy atom. The van der Waals surface area contributed by atoms with Crippen LogP contribution in [0, 0.1) is 6.92 Å². The van der Waals surface area contributed by atoms with Crippen LogP contribution in [0.3, 0.4) is 0 Å². The number of hydrogen-bond donors (Lipinski definition) is 1. The molecular weight excluding hydrogens is 360 g/mol. The van der Waals surface area contributed by atoms with E-state index in [0.717, 1.165) is 10.3 Å². The molecule has 1 N–H and O–H groups in total. The van der Waals surface area contributed by atoms with Gasteiger partial charge in [-0.1, -0.05) is 30.8 Å². The predicted molar refractivity (Wildman–Crippen MR) is 95.5 cm³/mol. The van der Waals surface area contributed by atoms with E-state index in [4.69, 9.17) is 9.57 Å². The van der Waals surface area contributed by atoms with Crippen LogP contribution in [-0.2, 0) is 11.3 Å². The van der Waals surface area contributed by atoms with E-state index in [1.54, 1.807) is 12.1 Å². The van der Waals surface area contributed by atoms with Crippen molar-refractivity contribution in [3.05, 3.63) is 45.4 Å². The molecule has 0 atom stereocenters. The maximum Gasteiger partial charge on any atom is 0.388 e. The number of esters is 1. The fourth-order valence-corrected chi connectivity index (χ4v) is 2.99. The second kappa shape index (κ2) is 8.56. The largest absolute Gasteiger partial charge is 0.465 e. The SMILES string of the molecule is CCSc1nn(C(=O)NCc2c(C)cccc2C(=O)OC)c(=O)n1OC. The average molecular weight is 380 g/mol. The summed E-state index contributed by atoms with van der Waals surface area (Å²) < 4.78 is 6.40. The Morgan fingerprint density at radius 1 is 1.31 bits per heavy atom. The smallest absolute Gasteiger partial charge is 0.388 e. The van der Waals surface area contributed by atoms with Gasteiger partial charge < -0.3 is 14.9 Å². The van der Waals surface area contributed by atoms with Gasteiger partial charge in [0.25, 0.3) is 0 Å². The second-order valence-electron chi connectivity index (χ2n) is 5.14. The number of carbonyl (C=O) groups is 2. The Bertz CT molecular complexity index is 874. The third kappa shape index (κ3) is 3.90. The number of methoxy groups -OCH3 is 1. The number of nitrogens with one attached hydrogen (secondary N) is 1. The molecular formula is C16H20N4O5S. The van der Waals surface area contributed by atoms with Crippen LogP contribution in [0.15, 0.2) is 28.2 Å². The van der Waals surface area contributed by atoms with Crippen molar-refractivity contribution in [1.82, 2.24) is 19.8 Å². The Morgan fingerprint density at radius 3 is 2.65 bits per heavy atom. The van der Waals surface area contributed by atoms with Gasteiger partial charge in [-0.05, 0) is 29.9 Å². The van der Waals surface area contributed by atoms with E-state index in [9.17, 15) is 14.4 Å². The lowest BCUT2D eigenvalue weighted by atomic mass is 10.0. The van der Waals surface area contributed by atoms with Gasteiger partial charge in [-0.2, -0.15) is 0 Å². The van der Waals surface area contributed by atoms with Crippen molar-refractivity contribution in [3.8, 4) is 0 Å². The van der Waals surface area contributed by atoms with Crippen molar-refractivity contribution in [2.24, 2.45) is 0 Å². The molecule has 0 spiro atoms. The zero-order chi connectivity index (χ0) is 19.3. The minimum atomic E-state index is -0.720. The number of aromatic nitrogens is 3. The fraction of sp³-hybridized carbons (Fsp3) is 0.375. The summed E-state index contributed by atoms with van der Waals surface area (Å²) in [5, 5.41) is 6.86. The molecule has 1 amide bonds. The van der Waals surface area contributed by atoms with Crippen molar-refractivity contribution < 1.29 is 19.2 Å². The number of hydrogen-bond acceptors (Lipinski definition) is 7. The topological polar surface area (TPSA) is 104 Å². The monoisotopic (exact) mass is 380 g/mol. The molecule has 0 fully saturated rings. The zero-order valence-corrected chi connectivity index (χ0v) is 15.8. The van der Waals surface area contributed by atoms with Gasteiger partial charge in [0.05, 0.1) is 12.7 Å². The van der Waals surface area contributed by atoms with Crippen LogP contribution >= 0.6 is 11.8 Å². The molecule has 140 valence electrons. The highest BCUT2D eigenvalue weighted by atomic mass is 32.2. The number of thioether (sulfide) groups is 1. The molecule has 26 heavy (non-hydrogen) atoms. The minimum Gasteiger partial charge on any atom is -0.465 e. The summed E-state index contributed by atoms with van der Waals surface area (Å²) in [7, 11) is 2.61.